The van der Waals surface area contributed by atoms with Crippen LogP contribution in [0.15, 0.2) is 66.9 Å². The average molecular weight is 404 g/mol. The number of amides is 2. The van der Waals surface area contributed by atoms with Gasteiger partial charge in [0.05, 0.1) is 19.3 Å². The van der Waals surface area contributed by atoms with Crippen LogP contribution in [0.25, 0.3) is 5.69 Å². The molecule has 30 heavy (non-hydrogen) atoms. The minimum absolute atomic E-state index is 0.252. The van der Waals surface area contributed by atoms with E-state index in [-0.39, 0.29) is 18.7 Å². The summed E-state index contributed by atoms with van der Waals surface area (Å²) >= 11 is 0. The van der Waals surface area contributed by atoms with Crippen LogP contribution in [-0.2, 0) is 21.0 Å². The molecule has 2 bridgehead atoms. The van der Waals surface area contributed by atoms with Crippen molar-refractivity contribution in [2.24, 2.45) is 0 Å². The summed E-state index contributed by atoms with van der Waals surface area (Å²) in [6.45, 7) is 0.586. The number of rotatable bonds is 5. The summed E-state index contributed by atoms with van der Waals surface area (Å²) in [5.41, 5.74) is 3.11. The number of hydroxylamine groups is 2. The number of fused-ring (bicyclic) bond motifs is 4. The Kier molecular flexibility index (Phi) is 4.48. The molecule has 3 heterocycles. The van der Waals surface area contributed by atoms with E-state index in [1.54, 1.807) is 4.68 Å². The number of hydrogen-bond donors (Lipinski definition) is 0. The average Bonchev–Trinajstić information content (AvgIpc) is 3.35. The molecular formula is C22H20N4O4. The Hall–Kier alpha value is -3.65. The van der Waals surface area contributed by atoms with Gasteiger partial charge in [0.25, 0.3) is 0 Å². The molecule has 3 aromatic rings. The van der Waals surface area contributed by atoms with Crippen LogP contribution in [0.3, 0.4) is 0 Å². The third-order valence-electron chi connectivity index (χ3n) is 5.45. The number of hydrogen-bond acceptors (Lipinski definition) is 5. The van der Waals surface area contributed by atoms with Gasteiger partial charge in [0.2, 0.25) is 0 Å². The molecule has 152 valence electrons. The zero-order valence-corrected chi connectivity index (χ0v) is 16.3. The Morgan fingerprint density at radius 3 is 2.50 bits per heavy atom. The summed E-state index contributed by atoms with van der Waals surface area (Å²) in [5, 5.41) is 5.99. The van der Waals surface area contributed by atoms with Crippen molar-refractivity contribution in [3.05, 3.63) is 83.7 Å². The second-order valence-corrected chi connectivity index (χ2v) is 7.21. The van der Waals surface area contributed by atoms with Crippen molar-refractivity contribution in [1.82, 2.24) is 19.7 Å². The van der Waals surface area contributed by atoms with Crippen LogP contribution in [0.4, 0.5) is 4.79 Å². The molecule has 0 saturated carbocycles. The van der Waals surface area contributed by atoms with Crippen LogP contribution >= 0.6 is 0 Å². The van der Waals surface area contributed by atoms with E-state index in [1.807, 2.05) is 66.9 Å². The zero-order valence-electron chi connectivity index (χ0n) is 16.3. The fourth-order valence-corrected chi connectivity index (χ4v) is 3.98. The molecule has 8 nitrogen and oxygen atoms in total. The van der Waals surface area contributed by atoms with Crippen LogP contribution in [0.2, 0.25) is 0 Å². The third kappa shape index (κ3) is 2.93. The number of nitrogens with zero attached hydrogens (tertiary/aromatic N) is 4. The van der Waals surface area contributed by atoms with E-state index in [9.17, 15) is 9.59 Å². The molecule has 1 saturated heterocycles. The Labute approximate surface area is 173 Å². The quantitative estimate of drug-likeness (QED) is 0.611. The van der Waals surface area contributed by atoms with Gasteiger partial charge in [-0.05, 0) is 17.7 Å². The number of carbonyl (C=O) groups is 2. The number of para-hydroxylation sites is 1. The van der Waals surface area contributed by atoms with E-state index in [1.165, 1.54) is 17.1 Å². The maximum absolute atomic E-state index is 13.0. The number of carbonyl (C=O) groups excluding carboxylic acids is 2. The first-order valence-electron chi connectivity index (χ1n) is 9.66. The molecule has 0 aliphatic carbocycles. The number of urea groups is 1. The van der Waals surface area contributed by atoms with E-state index in [2.05, 4.69) is 5.10 Å². The molecule has 0 radical (unpaired) electrons. The van der Waals surface area contributed by atoms with E-state index < -0.39 is 12.0 Å². The van der Waals surface area contributed by atoms with Crippen molar-refractivity contribution in [3.8, 4) is 5.69 Å². The lowest BCUT2D eigenvalue weighted by atomic mass is 9.98. The molecule has 2 aromatic carbocycles. The van der Waals surface area contributed by atoms with Crippen LogP contribution in [0, 0.1) is 0 Å². The van der Waals surface area contributed by atoms with Gasteiger partial charge in [0.15, 0.2) is 6.04 Å². The highest BCUT2D eigenvalue weighted by atomic mass is 16.7. The van der Waals surface area contributed by atoms with E-state index in [0.29, 0.717) is 12.2 Å². The second-order valence-electron chi connectivity index (χ2n) is 7.21. The molecular weight excluding hydrogens is 384 g/mol. The lowest BCUT2D eigenvalue weighted by Crippen LogP contribution is -2.39. The Bertz CT molecular complexity index is 1080. The first-order chi connectivity index (χ1) is 14.7. The number of esters is 1. The predicted molar refractivity (Wildman–Crippen MR) is 106 cm³/mol. The lowest BCUT2D eigenvalue weighted by molar-refractivity contribution is -0.146. The molecule has 8 heteroatoms. The van der Waals surface area contributed by atoms with Gasteiger partial charge in [-0.25, -0.2) is 14.3 Å². The standard InChI is InChI=1S/C22H20N4O4/c1-29-21(27)20-19-17(12-25(23-19)16-10-6-3-7-11-16)18-13-24(20)22(28)26(18)30-14-15-8-4-2-5-9-15/h2-12,18,20H,13-14H2,1H3/t18-,20-/m0/s1. The molecule has 2 aliphatic rings. The van der Waals surface area contributed by atoms with Crippen molar-refractivity contribution >= 4 is 12.0 Å². The van der Waals surface area contributed by atoms with Gasteiger partial charge in [0, 0.05) is 11.8 Å². The van der Waals surface area contributed by atoms with Crippen molar-refractivity contribution in [2.45, 2.75) is 18.7 Å². The van der Waals surface area contributed by atoms with Gasteiger partial charge < -0.3 is 9.64 Å². The topological polar surface area (TPSA) is 76.9 Å². The molecule has 5 rings (SSSR count). The summed E-state index contributed by atoms with van der Waals surface area (Å²) in [6, 6.07) is 17.6. The van der Waals surface area contributed by atoms with Gasteiger partial charge in [-0.2, -0.15) is 10.2 Å². The van der Waals surface area contributed by atoms with Crippen molar-refractivity contribution in [3.63, 3.8) is 0 Å². The first kappa shape index (κ1) is 18.4. The van der Waals surface area contributed by atoms with Crippen LogP contribution in [0.1, 0.15) is 28.9 Å². The van der Waals surface area contributed by atoms with Gasteiger partial charge >= 0.3 is 12.0 Å². The Morgan fingerprint density at radius 2 is 1.80 bits per heavy atom. The van der Waals surface area contributed by atoms with Gasteiger partial charge in [-0.1, -0.05) is 48.5 Å². The monoisotopic (exact) mass is 404 g/mol. The Balaban J connectivity index is 1.52. The fraction of sp³-hybridized carbons (Fsp3) is 0.227. The number of methoxy groups -OCH3 is 1. The van der Waals surface area contributed by atoms with Crippen molar-refractivity contribution < 1.29 is 19.2 Å². The van der Waals surface area contributed by atoms with E-state index in [4.69, 9.17) is 9.57 Å². The number of benzene rings is 2. The van der Waals surface area contributed by atoms with Gasteiger partial charge in [0.1, 0.15) is 18.3 Å². The maximum Gasteiger partial charge on any atom is 0.345 e. The largest absolute Gasteiger partial charge is 0.467 e. The van der Waals surface area contributed by atoms with Gasteiger partial charge in [-0.15, -0.1) is 0 Å². The highest BCUT2D eigenvalue weighted by molar-refractivity contribution is 5.87. The SMILES string of the molecule is COC(=O)[C@@H]1c2nn(-c3ccccc3)cc2[C@@H]2CN1C(=O)N2OCc1ccccc1. The molecule has 1 aromatic heterocycles. The van der Waals surface area contributed by atoms with Crippen LogP contribution < -0.4 is 0 Å². The normalized spacial score (nSPS) is 19.7. The lowest BCUT2D eigenvalue weighted by Gasteiger charge is -2.27. The van der Waals surface area contributed by atoms with Gasteiger partial charge in [-0.3, -0.25) is 4.84 Å². The molecule has 0 spiro atoms. The van der Waals surface area contributed by atoms with Crippen LogP contribution in [-0.4, -0.2) is 45.4 Å². The fourth-order valence-electron chi connectivity index (χ4n) is 3.98. The van der Waals surface area contributed by atoms with E-state index >= 15 is 0 Å². The minimum atomic E-state index is -0.899. The molecule has 0 N–H and O–H groups in total. The van der Waals surface area contributed by atoms with E-state index in [0.717, 1.165) is 16.8 Å². The summed E-state index contributed by atoms with van der Waals surface area (Å²) in [5.74, 6) is -0.522. The number of aromatic nitrogens is 2. The summed E-state index contributed by atoms with van der Waals surface area (Å²) in [7, 11) is 1.31. The second kappa shape index (κ2) is 7.31. The molecule has 2 aliphatic heterocycles. The predicted octanol–water partition coefficient (Wildman–Crippen LogP) is 3.01. The highest BCUT2D eigenvalue weighted by Gasteiger charge is 2.53. The number of ether oxygens (including phenoxy) is 1. The summed E-state index contributed by atoms with van der Waals surface area (Å²) in [4.78, 5) is 33.0. The molecule has 2 atom stereocenters. The summed E-state index contributed by atoms with van der Waals surface area (Å²) in [6.07, 6.45) is 1.86. The minimum Gasteiger partial charge on any atom is -0.467 e. The Morgan fingerprint density at radius 1 is 1.10 bits per heavy atom. The summed E-state index contributed by atoms with van der Waals surface area (Å²) < 4.78 is 6.71. The van der Waals surface area contributed by atoms with Crippen LogP contribution in [0.5, 0.6) is 0 Å². The van der Waals surface area contributed by atoms with Crippen molar-refractivity contribution in [2.75, 3.05) is 13.7 Å². The molecule has 2 amide bonds. The maximum atomic E-state index is 13.0. The van der Waals surface area contributed by atoms with Crippen molar-refractivity contribution in [1.29, 1.82) is 0 Å². The highest BCUT2D eigenvalue weighted by Crippen LogP contribution is 2.44. The molecule has 0 unspecified atom stereocenters. The first-order valence-corrected chi connectivity index (χ1v) is 9.66. The zero-order chi connectivity index (χ0) is 20.7. The smallest absolute Gasteiger partial charge is 0.345 e. The third-order valence-corrected chi connectivity index (χ3v) is 5.45. The molecule has 1 fully saturated rings.